The molecular weight excluding hydrogens is 264 g/mol. The summed E-state index contributed by atoms with van der Waals surface area (Å²) in [7, 11) is -1.70. The van der Waals surface area contributed by atoms with E-state index < -0.39 is 14.8 Å². The molecule has 0 bridgehead atoms. The predicted molar refractivity (Wildman–Crippen MR) is 71.3 cm³/mol. The molecule has 3 rings (SSSR count). The van der Waals surface area contributed by atoms with Gasteiger partial charge in [-0.3, -0.25) is 10.8 Å². The first kappa shape index (κ1) is 13.0. The van der Waals surface area contributed by atoms with Gasteiger partial charge in [0, 0.05) is 39.1 Å². The second kappa shape index (κ2) is 4.24. The SMILES string of the molecule is CN1Cc2cnccc2C2(CCN(N)CC2)S1(=O)=O. The maximum Gasteiger partial charge on any atom is 0.224 e. The highest BCUT2D eigenvalue weighted by molar-refractivity contribution is 7.90. The molecule has 2 aliphatic heterocycles. The van der Waals surface area contributed by atoms with Crippen molar-refractivity contribution < 1.29 is 8.42 Å². The van der Waals surface area contributed by atoms with Crippen LogP contribution in [0.2, 0.25) is 0 Å². The van der Waals surface area contributed by atoms with Crippen LogP contribution in [-0.2, 0) is 21.3 Å². The number of hydrazine groups is 1. The molecule has 0 amide bonds. The van der Waals surface area contributed by atoms with Crippen molar-refractivity contribution in [2.75, 3.05) is 20.1 Å². The Morgan fingerprint density at radius 2 is 2.05 bits per heavy atom. The van der Waals surface area contributed by atoms with Crippen molar-refractivity contribution in [3.63, 3.8) is 0 Å². The largest absolute Gasteiger partial charge is 0.269 e. The molecule has 0 atom stereocenters. The molecule has 1 saturated heterocycles. The molecule has 3 heterocycles. The Bertz CT molecular complexity index is 594. The Hall–Kier alpha value is -1.02. The van der Waals surface area contributed by atoms with Crippen molar-refractivity contribution in [1.29, 1.82) is 0 Å². The first-order chi connectivity index (χ1) is 8.97. The third kappa shape index (κ3) is 1.73. The van der Waals surface area contributed by atoms with Crippen LogP contribution in [0.3, 0.4) is 0 Å². The number of aromatic nitrogens is 1. The number of pyridine rings is 1. The van der Waals surface area contributed by atoms with Crippen molar-refractivity contribution >= 4 is 10.0 Å². The van der Waals surface area contributed by atoms with E-state index in [2.05, 4.69) is 4.98 Å². The van der Waals surface area contributed by atoms with Crippen LogP contribution in [0.1, 0.15) is 24.0 Å². The van der Waals surface area contributed by atoms with E-state index in [0.717, 1.165) is 11.1 Å². The van der Waals surface area contributed by atoms with Gasteiger partial charge < -0.3 is 0 Å². The van der Waals surface area contributed by atoms with Gasteiger partial charge >= 0.3 is 0 Å². The summed E-state index contributed by atoms with van der Waals surface area (Å²) in [5.41, 5.74) is 1.92. The molecule has 1 aromatic heterocycles. The molecule has 1 aromatic rings. The topological polar surface area (TPSA) is 79.5 Å². The minimum atomic E-state index is -3.34. The summed E-state index contributed by atoms with van der Waals surface area (Å²) < 4.78 is 26.2. The van der Waals surface area contributed by atoms with Crippen molar-refractivity contribution in [3.05, 3.63) is 29.6 Å². The molecule has 7 heteroatoms. The van der Waals surface area contributed by atoms with E-state index in [0.29, 0.717) is 32.5 Å². The number of nitrogens with two attached hydrogens (primary N) is 1. The molecule has 1 fully saturated rings. The zero-order valence-electron chi connectivity index (χ0n) is 10.9. The molecule has 104 valence electrons. The lowest BCUT2D eigenvalue weighted by Crippen LogP contribution is -2.55. The maximum absolute atomic E-state index is 12.8. The zero-order chi connectivity index (χ0) is 13.7. The first-order valence-electron chi connectivity index (χ1n) is 6.36. The highest BCUT2D eigenvalue weighted by Crippen LogP contribution is 2.46. The third-order valence-electron chi connectivity index (χ3n) is 4.30. The molecule has 19 heavy (non-hydrogen) atoms. The van der Waals surface area contributed by atoms with E-state index in [1.807, 2.05) is 6.07 Å². The van der Waals surface area contributed by atoms with Gasteiger partial charge in [-0.15, -0.1) is 0 Å². The summed E-state index contributed by atoms with van der Waals surface area (Å²) in [5.74, 6) is 5.78. The molecule has 2 aliphatic rings. The molecule has 0 aliphatic carbocycles. The summed E-state index contributed by atoms with van der Waals surface area (Å²) in [6.45, 7) is 1.59. The Kier molecular flexibility index (Phi) is 2.90. The van der Waals surface area contributed by atoms with Crippen molar-refractivity contribution in [3.8, 4) is 0 Å². The minimum absolute atomic E-state index is 0.402. The monoisotopic (exact) mass is 282 g/mol. The Balaban J connectivity index is 2.19. The van der Waals surface area contributed by atoms with Crippen LogP contribution in [0.5, 0.6) is 0 Å². The van der Waals surface area contributed by atoms with Crippen LogP contribution >= 0.6 is 0 Å². The van der Waals surface area contributed by atoms with Crippen LogP contribution in [-0.4, -0.2) is 42.9 Å². The Morgan fingerprint density at radius 1 is 1.37 bits per heavy atom. The second-order valence-electron chi connectivity index (χ2n) is 5.32. The summed E-state index contributed by atoms with van der Waals surface area (Å²) in [5, 5.41) is 1.69. The molecule has 6 nitrogen and oxygen atoms in total. The summed E-state index contributed by atoms with van der Waals surface area (Å²) in [6, 6.07) is 1.85. The first-order valence-corrected chi connectivity index (χ1v) is 7.80. The zero-order valence-corrected chi connectivity index (χ0v) is 11.7. The normalized spacial score (nSPS) is 26.2. The highest BCUT2D eigenvalue weighted by atomic mass is 32.2. The van der Waals surface area contributed by atoms with E-state index in [1.54, 1.807) is 24.5 Å². The maximum atomic E-state index is 12.8. The smallest absolute Gasteiger partial charge is 0.224 e. The van der Waals surface area contributed by atoms with Gasteiger partial charge in [0.2, 0.25) is 10.0 Å². The second-order valence-corrected chi connectivity index (χ2v) is 7.68. The third-order valence-corrected chi connectivity index (χ3v) is 6.86. The van der Waals surface area contributed by atoms with Crippen LogP contribution in [0.4, 0.5) is 0 Å². The van der Waals surface area contributed by atoms with Crippen LogP contribution in [0, 0.1) is 0 Å². The van der Waals surface area contributed by atoms with E-state index in [4.69, 9.17) is 5.84 Å². The lowest BCUT2D eigenvalue weighted by molar-refractivity contribution is 0.190. The fraction of sp³-hybridized carbons (Fsp3) is 0.583. The van der Waals surface area contributed by atoms with Gasteiger partial charge in [0.05, 0.1) is 0 Å². The van der Waals surface area contributed by atoms with Crippen LogP contribution in [0.15, 0.2) is 18.5 Å². The van der Waals surface area contributed by atoms with Crippen molar-refractivity contribution in [1.82, 2.24) is 14.3 Å². The van der Waals surface area contributed by atoms with E-state index in [9.17, 15) is 8.42 Å². The van der Waals surface area contributed by atoms with Gasteiger partial charge in [0.1, 0.15) is 4.75 Å². The number of nitrogens with zero attached hydrogens (tertiary/aromatic N) is 3. The predicted octanol–water partition coefficient (Wildman–Crippen LogP) is 0.0216. The molecule has 0 radical (unpaired) electrons. The van der Waals surface area contributed by atoms with Gasteiger partial charge in [-0.25, -0.2) is 13.4 Å². The number of sulfonamides is 1. The molecule has 0 unspecified atom stereocenters. The van der Waals surface area contributed by atoms with E-state index >= 15 is 0 Å². The number of rotatable bonds is 0. The summed E-state index contributed by atoms with van der Waals surface area (Å²) in [4.78, 5) is 4.12. The molecule has 0 saturated carbocycles. The van der Waals surface area contributed by atoms with E-state index in [1.165, 1.54) is 4.31 Å². The average molecular weight is 282 g/mol. The lowest BCUT2D eigenvalue weighted by Gasteiger charge is -2.45. The fourth-order valence-electron chi connectivity index (χ4n) is 3.17. The van der Waals surface area contributed by atoms with Gasteiger partial charge in [0.15, 0.2) is 0 Å². The molecule has 0 aromatic carbocycles. The molecule has 1 spiro atoms. The standard InChI is InChI=1S/C12H18N4O2S/c1-15-9-10-8-14-5-2-11(10)12(19(15,17)18)3-6-16(13)7-4-12/h2,5,8H,3-4,6-7,9,13H2,1H3. The number of hydrogen-bond acceptors (Lipinski definition) is 5. The molecular formula is C12H18N4O2S. The summed E-state index contributed by atoms with van der Waals surface area (Å²) in [6.07, 6.45) is 4.52. The van der Waals surface area contributed by atoms with E-state index in [-0.39, 0.29) is 0 Å². The van der Waals surface area contributed by atoms with Gasteiger partial charge in [0.25, 0.3) is 0 Å². The highest BCUT2D eigenvalue weighted by Gasteiger charge is 2.52. The van der Waals surface area contributed by atoms with Gasteiger partial charge in [-0.05, 0) is 30.0 Å². The van der Waals surface area contributed by atoms with Crippen LogP contribution in [0.25, 0.3) is 0 Å². The van der Waals surface area contributed by atoms with Crippen LogP contribution < -0.4 is 5.84 Å². The lowest BCUT2D eigenvalue weighted by atomic mass is 9.86. The Morgan fingerprint density at radius 3 is 2.74 bits per heavy atom. The van der Waals surface area contributed by atoms with Gasteiger partial charge in [-0.1, -0.05) is 0 Å². The Labute approximate surface area is 113 Å². The quantitative estimate of drug-likeness (QED) is 0.679. The van der Waals surface area contributed by atoms with Gasteiger partial charge in [-0.2, -0.15) is 4.31 Å². The van der Waals surface area contributed by atoms with Crippen molar-refractivity contribution in [2.24, 2.45) is 5.84 Å². The number of piperidine rings is 1. The average Bonchev–Trinajstić information content (AvgIpc) is 2.39. The number of hydrogen-bond donors (Lipinski definition) is 1. The minimum Gasteiger partial charge on any atom is -0.269 e. The fourth-order valence-corrected chi connectivity index (χ4v) is 5.25. The van der Waals surface area contributed by atoms with Crippen molar-refractivity contribution in [2.45, 2.75) is 24.1 Å². The molecule has 2 N–H and O–H groups in total. The summed E-state index contributed by atoms with van der Waals surface area (Å²) >= 11 is 0. The number of fused-ring (bicyclic) bond motifs is 2.